The maximum atomic E-state index is 13.6. The van der Waals surface area contributed by atoms with Crippen LogP contribution >= 0.6 is 11.3 Å². The molecular weight excluding hydrogens is 416 g/mol. The summed E-state index contributed by atoms with van der Waals surface area (Å²) in [7, 11) is -3.36. The Labute approximate surface area is 173 Å². The molecule has 1 aromatic carbocycles. The summed E-state index contributed by atoms with van der Waals surface area (Å²) in [4.78, 5) is 17.3. The lowest BCUT2D eigenvalue weighted by molar-refractivity contribution is -0.113. The van der Waals surface area contributed by atoms with Crippen LogP contribution in [0.1, 0.15) is 36.8 Å². The van der Waals surface area contributed by atoms with Gasteiger partial charge < -0.3 is 0 Å². The molecule has 3 rings (SSSR count). The number of alkyl halides is 2. The molecule has 0 radical (unpaired) electrons. The van der Waals surface area contributed by atoms with Crippen LogP contribution < -0.4 is 0 Å². The van der Waals surface area contributed by atoms with Gasteiger partial charge in [-0.05, 0) is 42.9 Å². The van der Waals surface area contributed by atoms with Crippen LogP contribution in [-0.2, 0) is 21.1 Å². The van der Waals surface area contributed by atoms with E-state index in [9.17, 15) is 22.0 Å². The van der Waals surface area contributed by atoms with E-state index >= 15 is 0 Å². The average Bonchev–Trinajstić information content (AvgIpc) is 3.29. The second-order valence-electron chi connectivity index (χ2n) is 7.21. The lowest BCUT2D eigenvalue weighted by Gasteiger charge is -2.11. The lowest BCUT2D eigenvalue weighted by atomic mass is 9.94. The van der Waals surface area contributed by atoms with E-state index in [2.05, 4.69) is 4.98 Å². The maximum Gasteiger partial charge on any atom is 0.178 e. The molecule has 0 bridgehead atoms. The van der Waals surface area contributed by atoms with E-state index in [0.29, 0.717) is 22.6 Å². The topological polar surface area (TPSA) is 64.1 Å². The minimum absolute atomic E-state index is 0.0398. The molecule has 29 heavy (non-hydrogen) atoms. The van der Waals surface area contributed by atoms with Crippen molar-refractivity contribution < 1.29 is 22.0 Å². The van der Waals surface area contributed by atoms with Crippen molar-refractivity contribution in [2.45, 2.75) is 49.8 Å². The molecule has 156 valence electrons. The third-order valence-corrected chi connectivity index (χ3v) is 7.66. The van der Waals surface area contributed by atoms with Crippen LogP contribution in [-0.4, -0.2) is 37.3 Å². The summed E-state index contributed by atoms with van der Waals surface area (Å²) in [5.41, 5.74) is 0.894. The second kappa shape index (κ2) is 9.26. The second-order valence-corrected chi connectivity index (χ2v) is 10.3. The van der Waals surface area contributed by atoms with Crippen LogP contribution in [0.5, 0.6) is 0 Å². The SMILES string of the molecule is CCCS(=O)(=O)c1ccc(/C(=C\C2C[C@@H](F)[C@@H](F)C2)C(=O)Cc2nccs2)cc1. The van der Waals surface area contributed by atoms with E-state index < -0.39 is 22.2 Å². The van der Waals surface area contributed by atoms with E-state index in [1.165, 1.54) is 23.5 Å². The number of ketones is 1. The number of carbonyl (C=O) groups is 1. The number of rotatable bonds is 8. The van der Waals surface area contributed by atoms with Crippen LogP contribution in [0, 0.1) is 5.92 Å². The van der Waals surface area contributed by atoms with Crippen molar-refractivity contribution in [2.24, 2.45) is 5.92 Å². The van der Waals surface area contributed by atoms with Gasteiger partial charge in [0.05, 0.1) is 17.1 Å². The van der Waals surface area contributed by atoms with Gasteiger partial charge in [-0.3, -0.25) is 4.79 Å². The summed E-state index contributed by atoms with van der Waals surface area (Å²) < 4.78 is 51.7. The minimum atomic E-state index is -3.36. The number of sulfone groups is 1. The maximum absolute atomic E-state index is 13.6. The predicted molar refractivity (Wildman–Crippen MR) is 110 cm³/mol. The standard InChI is InChI=1S/C21H23F2NO3S2/c1-2-9-29(26,27)16-5-3-15(4-6-16)17(10-14-11-18(22)19(23)12-14)20(25)13-21-24-7-8-28-21/h3-8,10,14,18-19H,2,9,11-13H2,1H3/b17-10+/t14?,18-,19+. The quantitative estimate of drug-likeness (QED) is 0.564. The highest BCUT2D eigenvalue weighted by Gasteiger charge is 2.34. The van der Waals surface area contributed by atoms with Crippen molar-refractivity contribution in [2.75, 3.05) is 5.75 Å². The van der Waals surface area contributed by atoms with E-state index in [1.54, 1.807) is 36.7 Å². The van der Waals surface area contributed by atoms with Crippen molar-refractivity contribution in [1.29, 1.82) is 0 Å². The number of hydrogen-bond acceptors (Lipinski definition) is 5. The number of thiazole rings is 1. The molecule has 1 fully saturated rings. The van der Waals surface area contributed by atoms with Gasteiger partial charge in [-0.1, -0.05) is 25.1 Å². The lowest BCUT2D eigenvalue weighted by Crippen LogP contribution is -2.09. The van der Waals surface area contributed by atoms with E-state index in [1.807, 2.05) is 0 Å². The van der Waals surface area contributed by atoms with Crippen LogP contribution in [0.4, 0.5) is 8.78 Å². The highest BCUT2D eigenvalue weighted by Crippen LogP contribution is 2.34. The average molecular weight is 440 g/mol. The Morgan fingerprint density at radius 2 is 1.86 bits per heavy atom. The first-order chi connectivity index (χ1) is 13.8. The molecule has 8 heteroatoms. The molecule has 2 aromatic rings. The highest BCUT2D eigenvalue weighted by molar-refractivity contribution is 7.91. The third kappa shape index (κ3) is 5.36. The molecule has 4 nitrogen and oxygen atoms in total. The number of aromatic nitrogens is 1. The Hall–Kier alpha value is -1.93. The van der Waals surface area contributed by atoms with Crippen molar-refractivity contribution in [3.8, 4) is 0 Å². The van der Waals surface area contributed by atoms with Gasteiger partial charge >= 0.3 is 0 Å². The third-order valence-electron chi connectivity index (χ3n) is 4.94. The number of hydrogen-bond donors (Lipinski definition) is 0. The van der Waals surface area contributed by atoms with Gasteiger partial charge in [-0.2, -0.15) is 0 Å². The van der Waals surface area contributed by atoms with Gasteiger partial charge in [0.25, 0.3) is 0 Å². The van der Waals surface area contributed by atoms with E-state index in [-0.39, 0.29) is 41.6 Å². The first-order valence-electron chi connectivity index (χ1n) is 9.55. The Bertz CT molecular complexity index is 960. The number of carbonyl (C=O) groups excluding carboxylic acids is 1. The number of benzene rings is 1. The van der Waals surface area contributed by atoms with Gasteiger partial charge in [0.2, 0.25) is 0 Å². The fourth-order valence-corrected chi connectivity index (χ4v) is 5.43. The molecular formula is C21H23F2NO3S2. The number of halogens is 2. The Morgan fingerprint density at radius 1 is 1.21 bits per heavy atom. The summed E-state index contributed by atoms with van der Waals surface area (Å²) in [5, 5.41) is 2.43. The fraction of sp³-hybridized carbons (Fsp3) is 0.429. The summed E-state index contributed by atoms with van der Waals surface area (Å²) in [5.74, 6) is -0.531. The molecule has 1 aliphatic carbocycles. The number of allylic oxidation sites excluding steroid dienone is 2. The Morgan fingerprint density at radius 3 is 2.41 bits per heavy atom. The van der Waals surface area contributed by atoms with Gasteiger partial charge in [-0.15, -0.1) is 11.3 Å². The molecule has 1 heterocycles. The van der Waals surface area contributed by atoms with Crippen molar-refractivity contribution in [1.82, 2.24) is 4.98 Å². The summed E-state index contributed by atoms with van der Waals surface area (Å²) >= 11 is 1.36. The summed E-state index contributed by atoms with van der Waals surface area (Å²) in [6.45, 7) is 1.79. The van der Waals surface area contributed by atoms with Gasteiger partial charge in [0, 0.05) is 17.2 Å². The van der Waals surface area contributed by atoms with Crippen LogP contribution in [0.15, 0.2) is 46.8 Å². The largest absolute Gasteiger partial charge is 0.294 e. The van der Waals surface area contributed by atoms with Crippen LogP contribution in [0.2, 0.25) is 0 Å². The summed E-state index contributed by atoms with van der Waals surface area (Å²) in [6, 6.07) is 6.14. The smallest absolute Gasteiger partial charge is 0.178 e. The first-order valence-corrected chi connectivity index (χ1v) is 12.1. The van der Waals surface area contributed by atoms with Gasteiger partial charge in [0.1, 0.15) is 17.4 Å². The molecule has 1 saturated carbocycles. The monoisotopic (exact) mass is 439 g/mol. The predicted octanol–water partition coefficient (Wildman–Crippen LogP) is 4.61. The number of nitrogens with zero attached hydrogens (tertiary/aromatic N) is 1. The molecule has 0 spiro atoms. The molecule has 0 saturated heterocycles. The zero-order valence-electron chi connectivity index (χ0n) is 16.1. The Kier molecular flexibility index (Phi) is 6.95. The fourth-order valence-electron chi connectivity index (χ4n) is 3.49. The van der Waals surface area contributed by atoms with Gasteiger partial charge in [-0.25, -0.2) is 22.2 Å². The molecule has 0 amide bonds. The highest BCUT2D eigenvalue weighted by atomic mass is 32.2. The molecule has 1 unspecified atom stereocenters. The molecule has 1 aromatic heterocycles. The normalized spacial score (nSPS) is 22.7. The van der Waals surface area contributed by atoms with Crippen LogP contribution in [0.3, 0.4) is 0 Å². The molecule has 0 N–H and O–H groups in total. The van der Waals surface area contributed by atoms with Crippen LogP contribution in [0.25, 0.3) is 5.57 Å². The van der Waals surface area contributed by atoms with Crippen molar-refractivity contribution in [3.05, 3.63) is 52.5 Å². The molecule has 3 atom stereocenters. The summed E-state index contributed by atoms with van der Waals surface area (Å²) in [6.07, 6.45) is 0.889. The number of Topliss-reactive ketones (excluding diaryl/α,β-unsaturated/α-hetero) is 1. The Balaban J connectivity index is 1.91. The van der Waals surface area contributed by atoms with Crippen molar-refractivity contribution >= 4 is 32.5 Å². The van der Waals surface area contributed by atoms with Gasteiger partial charge in [0.15, 0.2) is 15.6 Å². The van der Waals surface area contributed by atoms with E-state index in [0.717, 1.165) is 0 Å². The first kappa shape index (κ1) is 21.8. The molecule has 1 aliphatic rings. The zero-order chi connectivity index (χ0) is 21.0. The van der Waals surface area contributed by atoms with E-state index in [4.69, 9.17) is 0 Å². The van der Waals surface area contributed by atoms with Crippen molar-refractivity contribution in [3.63, 3.8) is 0 Å². The molecule has 0 aliphatic heterocycles. The zero-order valence-corrected chi connectivity index (χ0v) is 17.7. The minimum Gasteiger partial charge on any atom is -0.294 e.